The van der Waals surface area contributed by atoms with Gasteiger partial charge in [0.15, 0.2) is 0 Å². The number of nitrogens with one attached hydrogen (secondary N) is 1. The van der Waals surface area contributed by atoms with Crippen molar-refractivity contribution in [3.05, 3.63) is 47.0 Å². The molecule has 2 aromatic heterocycles. The Hall–Kier alpha value is -2.79. The number of carbonyl (C=O) groups excluding carboxylic acids is 1. The van der Waals surface area contributed by atoms with Gasteiger partial charge in [0, 0.05) is 5.56 Å². The summed E-state index contributed by atoms with van der Waals surface area (Å²) in [5, 5.41) is 14.1. The zero-order chi connectivity index (χ0) is 17.5. The largest absolute Gasteiger partial charge is 0.545 e. The van der Waals surface area contributed by atoms with Crippen LogP contribution in [0.25, 0.3) is 5.78 Å². The number of para-hydroxylation sites is 1. The Bertz CT molecular complexity index is 1070. The van der Waals surface area contributed by atoms with E-state index in [0.29, 0.717) is 0 Å². The molecule has 9 nitrogen and oxygen atoms in total. The number of hydrogen-bond acceptors (Lipinski definition) is 7. The van der Waals surface area contributed by atoms with Crippen LogP contribution < -0.4 is 9.83 Å². The minimum atomic E-state index is -4.47. The van der Waals surface area contributed by atoms with Gasteiger partial charge in [0.05, 0.1) is 29.1 Å². The zero-order valence-corrected chi connectivity index (χ0v) is 13.0. The van der Waals surface area contributed by atoms with Gasteiger partial charge in [-0.25, -0.2) is 13.9 Å². The number of fused-ring (bicyclic) bond motifs is 1. The maximum atomic E-state index is 13.8. The van der Waals surface area contributed by atoms with E-state index in [2.05, 4.69) is 15.1 Å². The number of carbonyl (C=O) groups is 1. The minimum absolute atomic E-state index is 0.0616. The number of nitrogens with zero attached hydrogens (tertiary/aromatic N) is 4. The van der Waals surface area contributed by atoms with Gasteiger partial charge < -0.3 is 9.90 Å². The second-order valence-corrected chi connectivity index (χ2v) is 6.48. The Balaban J connectivity index is 2.07. The summed E-state index contributed by atoms with van der Waals surface area (Å²) in [4.78, 5) is 18.4. The molecule has 0 unspecified atom stereocenters. The molecule has 3 rings (SSSR count). The fourth-order valence-corrected chi connectivity index (χ4v) is 2.94. The summed E-state index contributed by atoms with van der Waals surface area (Å²) in [7, 11) is -4.47. The van der Waals surface area contributed by atoms with Crippen LogP contribution in [0.15, 0.2) is 35.7 Å². The van der Waals surface area contributed by atoms with E-state index in [1.54, 1.807) is 4.72 Å². The molecule has 0 atom stereocenters. The lowest BCUT2D eigenvalue weighted by molar-refractivity contribution is -0.254. The number of benzene rings is 1. The maximum absolute atomic E-state index is 13.8. The molecular weight excluding hydrogens is 365 g/mol. The van der Waals surface area contributed by atoms with E-state index in [0.717, 1.165) is 22.7 Å². The van der Waals surface area contributed by atoms with Crippen LogP contribution in [0.3, 0.4) is 0 Å². The number of carboxylic acids is 1. The average Bonchev–Trinajstić information content (AvgIpc) is 2.92. The van der Waals surface area contributed by atoms with E-state index in [4.69, 9.17) is 11.6 Å². The Morgan fingerprint density at radius 1 is 1.38 bits per heavy atom. The van der Waals surface area contributed by atoms with Gasteiger partial charge >= 0.3 is 0 Å². The number of anilines is 1. The van der Waals surface area contributed by atoms with Crippen LogP contribution in [-0.4, -0.2) is 34.0 Å². The average molecular weight is 371 g/mol. The van der Waals surface area contributed by atoms with Crippen LogP contribution in [0.2, 0.25) is 5.02 Å². The molecule has 124 valence electrons. The summed E-state index contributed by atoms with van der Waals surface area (Å²) in [5.74, 6) is -2.90. The third kappa shape index (κ3) is 2.86. The van der Waals surface area contributed by atoms with Crippen molar-refractivity contribution in [3.63, 3.8) is 0 Å². The lowest BCUT2D eigenvalue weighted by atomic mass is 10.2. The van der Waals surface area contributed by atoms with Crippen LogP contribution in [0.1, 0.15) is 10.4 Å². The number of sulfonamides is 1. The highest BCUT2D eigenvalue weighted by Crippen LogP contribution is 2.22. The number of halogens is 2. The Labute approximate surface area is 138 Å². The molecule has 0 aliphatic rings. The van der Waals surface area contributed by atoms with Gasteiger partial charge in [-0.15, -0.1) is 5.10 Å². The summed E-state index contributed by atoms with van der Waals surface area (Å²) >= 11 is 5.71. The van der Waals surface area contributed by atoms with Crippen molar-refractivity contribution in [2.45, 2.75) is 5.16 Å². The first-order valence-corrected chi connectivity index (χ1v) is 8.04. The SMILES string of the molecule is O=C([O-])c1cccc(F)c1NS(=O)(=O)c1nc2ncc(Cl)cn2n1. The molecule has 0 saturated carbocycles. The van der Waals surface area contributed by atoms with Crippen LogP contribution in [-0.2, 0) is 10.0 Å². The summed E-state index contributed by atoms with van der Waals surface area (Å²) in [6, 6.07) is 2.99. The van der Waals surface area contributed by atoms with E-state index in [9.17, 15) is 22.7 Å². The van der Waals surface area contributed by atoms with Crippen molar-refractivity contribution in [2.75, 3.05) is 4.72 Å². The molecule has 0 spiro atoms. The molecule has 0 aliphatic carbocycles. The number of rotatable bonds is 4. The number of hydrogen-bond donors (Lipinski definition) is 1. The van der Waals surface area contributed by atoms with E-state index < -0.39 is 38.2 Å². The molecule has 12 heteroatoms. The molecule has 0 saturated heterocycles. The number of aromatic carboxylic acids is 1. The first-order chi connectivity index (χ1) is 11.3. The molecule has 24 heavy (non-hydrogen) atoms. The minimum Gasteiger partial charge on any atom is -0.545 e. The molecule has 3 aromatic rings. The van der Waals surface area contributed by atoms with Gasteiger partial charge in [-0.3, -0.25) is 4.72 Å². The van der Waals surface area contributed by atoms with Gasteiger partial charge in [-0.05, 0) is 6.07 Å². The van der Waals surface area contributed by atoms with Crippen LogP contribution in [0, 0.1) is 5.82 Å². The summed E-state index contributed by atoms with van der Waals surface area (Å²) in [6.07, 6.45) is 2.51. The monoisotopic (exact) mass is 370 g/mol. The van der Waals surface area contributed by atoms with Crippen LogP contribution >= 0.6 is 11.6 Å². The Morgan fingerprint density at radius 3 is 2.83 bits per heavy atom. The topological polar surface area (TPSA) is 129 Å². The van der Waals surface area contributed by atoms with Gasteiger partial charge in [-0.1, -0.05) is 23.7 Å². The normalized spacial score (nSPS) is 11.6. The highest BCUT2D eigenvalue weighted by molar-refractivity contribution is 7.92. The molecule has 2 heterocycles. The van der Waals surface area contributed by atoms with E-state index in [1.165, 1.54) is 12.4 Å². The van der Waals surface area contributed by atoms with E-state index in [-0.39, 0.29) is 10.8 Å². The van der Waals surface area contributed by atoms with Crippen LogP contribution in [0.4, 0.5) is 10.1 Å². The van der Waals surface area contributed by atoms with Crippen molar-refractivity contribution in [3.8, 4) is 0 Å². The lowest BCUT2D eigenvalue weighted by Crippen LogP contribution is -2.26. The third-order valence-electron chi connectivity index (χ3n) is 2.85. The van der Waals surface area contributed by atoms with E-state index >= 15 is 0 Å². The molecule has 0 bridgehead atoms. The summed E-state index contributed by atoms with van der Waals surface area (Å²) in [6.45, 7) is 0. The summed E-state index contributed by atoms with van der Waals surface area (Å²) < 4.78 is 41.2. The van der Waals surface area contributed by atoms with Gasteiger partial charge in [0.25, 0.3) is 21.0 Å². The quantitative estimate of drug-likeness (QED) is 0.688. The van der Waals surface area contributed by atoms with Crippen molar-refractivity contribution in [2.24, 2.45) is 0 Å². The highest BCUT2D eigenvalue weighted by Gasteiger charge is 2.24. The molecule has 1 N–H and O–H groups in total. The zero-order valence-electron chi connectivity index (χ0n) is 11.5. The standard InChI is InChI=1S/C12H7ClFN5O4S/c13-6-4-15-11-16-12(17-19(11)5-6)24(22,23)18-9-7(10(20)21)2-1-3-8(9)14/h1-5,18H,(H,20,21)/p-1. The Kier molecular flexibility index (Phi) is 3.81. The molecular formula is C12H6ClFN5O4S-. The Morgan fingerprint density at radius 2 is 2.12 bits per heavy atom. The second-order valence-electron chi connectivity index (χ2n) is 4.47. The first-order valence-electron chi connectivity index (χ1n) is 6.18. The molecule has 0 aliphatic heterocycles. The molecule has 1 aromatic carbocycles. The number of aromatic nitrogens is 4. The molecule has 0 radical (unpaired) electrons. The lowest BCUT2D eigenvalue weighted by Gasteiger charge is -2.12. The predicted octanol–water partition coefficient (Wildman–Crippen LogP) is 0.0811. The number of carboxylic acid groups (broad SMARTS) is 1. The summed E-state index contributed by atoms with van der Waals surface area (Å²) in [5.41, 5.74) is -1.44. The fraction of sp³-hybridized carbons (Fsp3) is 0. The fourth-order valence-electron chi connectivity index (χ4n) is 1.83. The second kappa shape index (κ2) is 5.69. The van der Waals surface area contributed by atoms with Crippen molar-refractivity contribution in [1.82, 2.24) is 19.6 Å². The molecule has 0 fully saturated rings. The van der Waals surface area contributed by atoms with Crippen LogP contribution in [0.5, 0.6) is 0 Å². The highest BCUT2D eigenvalue weighted by atomic mass is 35.5. The first kappa shape index (κ1) is 16.1. The van der Waals surface area contributed by atoms with Gasteiger partial charge in [0.2, 0.25) is 0 Å². The third-order valence-corrected chi connectivity index (χ3v) is 4.17. The van der Waals surface area contributed by atoms with Crippen molar-refractivity contribution >= 4 is 39.1 Å². The van der Waals surface area contributed by atoms with E-state index in [1.807, 2.05) is 0 Å². The van der Waals surface area contributed by atoms with Crippen molar-refractivity contribution in [1.29, 1.82) is 0 Å². The van der Waals surface area contributed by atoms with Gasteiger partial charge in [0.1, 0.15) is 5.82 Å². The molecule has 0 amide bonds. The van der Waals surface area contributed by atoms with Gasteiger partial charge in [-0.2, -0.15) is 13.4 Å². The van der Waals surface area contributed by atoms with Crippen molar-refractivity contribution < 1.29 is 22.7 Å². The maximum Gasteiger partial charge on any atom is 0.299 e. The smallest absolute Gasteiger partial charge is 0.299 e. The predicted molar refractivity (Wildman–Crippen MR) is 77.3 cm³/mol.